The average Bonchev–Trinajstić information content (AvgIpc) is 0.811. The summed E-state index contributed by atoms with van der Waals surface area (Å²) in [6.45, 7) is 0. The van der Waals surface area contributed by atoms with Crippen molar-refractivity contribution < 1.29 is 52.7 Å². The van der Waals surface area contributed by atoms with Gasteiger partial charge in [0, 0.05) is 0 Å². The van der Waals surface area contributed by atoms with Crippen molar-refractivity contribution >= 4 is 18.6 Å². The quantitative estimate of drug-likeness (QED) is 0.291. The van der Waals surface area contributed by atoms with Gasteiger partial charge in [0.1, 0.15) is 0 Å². The van der Waals surface area contributed by atoms with Gasteiger partial charge in [0.15, 0.2) is 0 Å². The summed E-state index contributed by atoms with van der Waals surface area (Å²) in [5.41, 5.74) is 0. The summed E-state index contributed by atoms with van der Waals surface area (Å²) < 4.78 is 0. The van der Waals surface area contributed by atoms with Crippen LogP contribution in [0.15, 0.2) is 0 Å². The second kappa shape index (κ2) is 15.9. The topological polar surface area (TPSA) is 63.2 Å². The number of halogens is 1. The molecule has 0 amide bonds. The van der Waals surface area contributed by atoms with E-state index in [1.165, 1.54) is 0 Å². The Morgan fingerprint density at radius 2 is 1.14 bits per heavy atom. The fourth-order valence-electron chi connectivity index (χ4n) is 0. The first-order chi connectivity index (χ1) is 1.73. The van der Waals surface area contributed by atoms with Crippen molar-refractivity contribution in [3.8, 4) is 0 Å². The van der Waals surface area contributed by atoms with Gasteiger partial charge in [0.2, 0.25) is 0 Å². The van der Waals surface area contributed by atoms with Crippen molar-refractivity contribution in [1.29, 1.82) is 0 Å². The monoisotopic (exact) mass is 110 g/mol. The van der Waals surface area contributed by atoms with Gasteiger partial charge >= 0.3 is 37.7 Å². The predicted molar refractivity (Wildman–Crippen MR) is 12.6 cm³/mol. The van der Waals surface area contributed by atoms with Gasteiger partial charge in [-0.1, -0.05) is 0 Å². The van der Waals surface area contributed by atoms with Crippen molar-refractivity contribution in [2.45, 2.75) is 0 Å². The molecule has 32 valence electrons. The van der Waals surface area contributed by atoms with Gasteiger partial charge in [-0.2, -0.15) is 0 Å². The van der Waals surface area contributed by atoms with Gasteiger partial charge < -0.3 is 15.0 Å². The molecule has 0 saturated carbocycles. The maximum atomic E-state index is 8.33. The Balaban J connectivity index is -0.0000000150. The molecule has 0 aromatic heterocycles. The molecule has 0 aliphatic heterocycles. The SMILES string of the molecule is Cl.O=C([O-])[O-].[Li+].[Li+]. The molecular weight excluding hydrogens is 109 g/mol. The van der Waals surface area contributed by atoms with E-state index < -0.39 is 6.16 Å². The van der Waals surface area contributed by atoms with E-state index in [9.17, 15) is 0 Å². The summed E-state index contributed by atoms with van der Waals surface area (Å²) in [4.78, 5) is 8.33. The molecule has 0 aromatic rings. The van der Waals surface area contributed by atoms with Crippen LogP contribution in [-0.2, 0) is 0 Å². The third-order valence-corrected chi connectivity index (χ3v) is 0. The van der Waals surface area contributed by atoms with Gasteiger partial charge in [-0.3, -0.25) is 0 Å². The van der Waals surface area contributed by atoms with Crippen LogP contribution < -0.4 is 47.9 Å². The summed E-state index contributed by atoms with van der Waals surface area (Å²) in [6.07, 6.45) is -2.33. The van der Waals surface area contributed by atoms with Crippen LogP contribution in [0.1, 0.15) is 0 Å². The third-order valence-electron chi connectivity index (χ3n) is 0. The second-order valence-electron chi connectivity index (χ2n) is 0.250. The minimum Gasteiger partial charge on any atom is -0.652 e. The fraction of sp³-hybridized carbons (Fsp3) is 0. The molecule has 0 heterocycles. The number of carboxylic acid groups (broad SMARTS) is 2. The minimum absolute atomic E-state index is 0. The zero-order valence-electron chi connectivity index (χ0n) is 4.13. The Labute approximate surface area is 71.2 Å². The number of hydrogen-bond acceptors (Lipinski definition) is 3. The Morgan fingerprint density at radius 1 is 1.14 bits per heavy atom. The number of carbonyl (C=O) groups is 1. The minimum atomic E-state index is -2.33. The van der Waals surface area contributed by atoms with Crippen LogP contribution in [0.25, 0.3) is 0 Å². The van der Waals surface area contributed by atoms with Crippen LogP contribution in [0.5, 0.6) is 0 Å². The average molecular weight is 110 g/mol. The number of carbonyl (C=O) groups excluding carboxylic acids is 1. The summed E-state index contributed by atoms with van der Waals surface area (Å²) in [5, 5.41) is 16.7. The Kier molecular flexibility index (Phi) is 56.9. The van der Waals surface area contributed by atoms with E-state index in [2.05, 4.69) is 0 Å². The van der Waals surface area contributed by atoms with Crippen LogP contribution in [0.2, 0.25) is 0 Å². The summed E-state index contributed by atoms with van der Waals surface area (Å²) in [7, 11) is 0. The van der Waals surface area contributed by atoms with Gasteiger partial charge in [-0.15, -0.1) is 12.4 Å². The van der Waals surface area contributed by atoms with Gasteiger partial charge in [-0.05, 0) is 6.16 Å². The predicted octanol–water partition coefficient (Wildman–Crippen LogP) is -8.02. The van der Waals surface area contributed by atoms with Crippen LogP contribution in [-0.4, -0.2) is 6.16 Å². The first-order valence-electron chi connectivity index (χ1n) is 0.612. The molecule has 0 atom stereocenters. The van der Waals surface area contributed by atoms with E-state index in [0.717, 1.165) is 0 Å². The molecule has 0 unspecified atom stereocenters. The van der Waals surface area contributed by atoms with Crippen LogP contribution in [0.3, 0.4) is 0 Å². The van der Waals surface area contributed by atoms with E-state index in [1.54, 1.807) is 0 Å². The van der Waals surface area contributed by atoms with Crippen molar-refractivity contribution in [3.05, 3.63) is 0 Å². The molecule has 0 aliphatic rings. The molecule has 0 saturated heterocycles. The molecule has 0 fully saturated rings. The Bertz CT molecular complexity index is 35.9. The zero-order chi connectivity index (χ0) is 3.58. The van der Waals surface area contributed by atoms with Crippen molar-refractivity contribution in [1.82, 2.24) is 0 Å². The maximum Gasteiger partial charge on any atom is 1.00 e. The van der Waals surface area contributed by atoms with E-state index in [-0.39, 0.29) is 50.1 Å². The molecule has 3 nitrogen and oxygen atoms in total. The molecule has 6 heteroatoms. The van der Waals surface area contributed by atoms with E-state index in [4.69, 9.17) is 15.0 Å². The van der Waals surface area contributed by atoms with Crippen molar-refractivity contribution in [3.63, 3.8) is 0 Å². The Morgan fingerprint density at radius 3 is 1.14 bits per heavy atom. The first kappa shape index (κ1) is 25.1. The number of hydrogen-bond donors (Lipinski definition) is 0. The molecule has 0 rings (SSSR count). The molecule has 0 N–H and O–H groups in total. The van der Waals surface area contributed by atoms with E-state index >= 15 is 0 Å². The standard InChI is InChI=1S/CH2O3.ClH.2Li/c2-1(3)4;;;/h(H2,2,3,4);1H;;/q;;2*+1/p-2. The first-order valence-corrected chi connectivity index (χ1v) is 0.612. The van der Waals surface area contributed by atoms with Crippen LogP contribution in [0, 0.1) is 0 Å². The molecule has 0 radical (unpaired) electrons. The summed E-state index contributed by atoms with van der Waals surface area (Å²) in [6, 6.07) is 0. The van der Waals surface area contributed by atoms with Gasteiger partial charge in [0.25, 0.3) is 0 Å². The molecule has 0 aliphatic carbocycles. The Hall–Kier alpha value is 0.755. The van der Waals surface area contributed by atoms with Gasteiger partial charge in [-0.25, -0.2) is 0 Å². The summed E-state index contributed by atoms with van der Waals surface area (Å²) in [5.74, 6) is 0. The van der Waals surface area contributed by atoms with Crippen LogP contribution >= 0.6 is 12.4 Å². The second-order valence-corrected chi connectivity index (χ2v) is 0.250. The van der Waals surface area contributed by atoms with E-state index in [1.807, 2.05) is 0 Å². The van der Waals surface area contributed by atoms with Gasteiger partial charge in [0.05, 0.1) is 0 Å². The number of rotatable bonds is 0. The molecule has 7 heavy (non-hydrogen) atoms. The summed E-state index contributed by atoms with van der Waals surface area (Å²) >= 11 is 0. The molecular formula is CHClLi2O3. The molecule has 0 aromatic carbocycles. The molecule has 0 bridgehead atoms. The largest absolute Gasteiger partial charge is 1.00 e. The third kappa shape index (κ3) is 268. The van der Waals surface area contributed by atoms with Crippen molar-refractivity contribution in [2.24, 2.45) is 0 Å². The smallest absolute Gasteiger partial charge is 0.652 e. The maximum absolute atomic E-state index is 8.33. The van der Waals surface area contributed by atoms with Crippen LogP contribution in [0.4, 0.5) is 4.79 Å². The van der Waals surface area contributed by atoms with Crippen molar-refractivity contribution in [2.75, 3.05) is 0 Å². The normalized spacial score (nSPS) is 3.43. The molecule has 0 spiro atoms. The fourth-order valence-corrected chi connectivity index (χ4v) is 0. The zero-order valence-corrected chi connectivity index (χ0v) is 4.95. The van der Waals surface area contributed by atoms with E-state index in [0.29, 0.717) is 0 Å².